The Labute approximate surface area is 123 Å². The van der Waals surface area contributed by atoms with Crippen LogP contribution in [0.5, 0.6) is 0 Å². The number of thiophene rings is 1. The van der Waals surface area contributed by atoms with Crippen molar-refractivity contribution in [3.63, 3.8) is 0 Å². The number of nitrogens with zero attached hydrogens (tertiary/aromatic N) is 3. The van der Waals surface area contributed by atoms with E-state index < -0.39 is 0 Å². The summed E-state index contributed by atoms with van der Waals surface area (Å²) in [6.45, 7) is 6.76. The predicted octanol–water partition coefficient (Wildman–Crippen LogP) is 2.48. The Hall–Kier alpha value is -1.69. The normalized spacial score (nSPS) is 11.6. The lowest BCUT2D eigenvalue weighted by Crippen LogP contribution is -2.29. The van der Waals surface area contributed by atoms with Crippen molar-refractivity contribution in [1.82, 2.24) is 20.1 Å². The highest BCUT2D eigenvalue weighted by atomic mass is 32.1. The van der Waals surface area contributed by atoms with Gasteiger partial charge in [0.25, 0.3) is 5.91 Å². The van der Waals surface area contributed by atoms with E-state index in [-0.39, 0.29) is 17.1 Å². The van der Waals surface area contributed by atoms with Gasteiger partial charge in [-0.1, -0.05) is 26.8 Å². The lowest BCUT2D eigenvalue weighted by atomic mass is 9.96. The number of carbonyl (C=O) groups excluding carboxylic acids is 1. The Bertz CT molecular complexity index is 568. The van der Waals surface area contributed by atoms with Gasteiger partial charge in [-0.05, 0) is 17.9 Å². The number of carbonyl (C=O) groups is 1. The Morgan fingerprint density at radius 1 is 1.45 bits per heavy atom. The summed E-state index contributed by atoms with van der Waals surface area (Å²) >= 11 is 1.70. The van der Waals surface area contributed by atoms with Crippen LogP contribution in [0, 0.1) is 0 Å². The lowest BCUT2D eigenvalue weighted by Gasteiger charge is -2.15. The van der Waals surface area contributed by atoms with E-state index in [1.165, 1.54) is 4.88 Å². The van der Waals surface area contributed by atoms with Crippen molar-refractivity contribution >= 4 is 17.2 Å². The van der Waals surface area contributed by atoms with Crippen LogP contribution in [0.25, 0.3) is 0 Å². The highest BCUT2D eigenvalue weighted by Crippen LogP contribution is 2.17. The molecule has 2 heterocycles. The maximum Gasteiger partial charge on any atom is 0.293 e. The van der Waals surface area contributed by atoms with Gasteiger partial charge in [-0.15, -0.1) is 16.4 Å². The molecule has 1 N–H and O–H groups in total. The minimum Gasteiger partial charge on any atom is -0.339 e. The van der Waals surface area contributed by atoms with Crippen LogP contribution < -0.4 is 0 Å². The molecule has 1 amide bonds. The first-order valence-electron chi connectivity index (χ1n) is 6.58. The van der Waals surface area contributed by atoms with Crippen LogP contribution in [0.1, 0.15) is 42.1 Å². The number of hydrogen-bond acceptors (Lipinski definition) is 4. The molecule has 6 heteroatoms. The SMILES string of the molecule is CN(CCc1cccs1)C(=O)c1n[nH]c(C(C)(C)C)n1. The van der Waals surface area contributed by atoms with E-state index >= 15 is 0 Å². The second kappa shape index (κ2) is 5.75. The van der Waals surface area contributed by atoms with Crippen LogP contribution >= 0.6 is 11.3 Å². The number of nitrogens with one attached hydrogen (secondary N) is 1. The smallest absolute Gasteiger partial charge is 0.293 e. The van der Waals surface area contributed by atoms with Crippen molar-refractivity contribution in [2.24, 2.45) is 0 Å². The van der Waals surface area contributed by atoms with E-state index in [0.717, 1.165) is 12.2 Å². The Kier molecular flexibility index (Phi) is 4.23. The summed E-state index contributed by atoms with van der Waals surface area (Å²) < 4.78 is 0. The minimum absolute atomic E-state index is 0.138. The molecular formula is C14H20N4OS. The fraction of sp³-hybridized carbons (Fsp3) is 0.500. The van der Waals surface area contributed by atoms with E-state index in [1.54, 1.807) is 23.3 Å². The van der Waals surface area contributed by atoms with Gasteiger partial charge in [0.1, 0.15) is 5.82 Å². The quantitative estimate of drug-likeness (QED) is 0.941. The van der Waals surface area contributed by atoms with E-state index in [4.69, 9.17) is 0 Å². The zero-order valence-electron chi connectivity index (χ0n) is 12.3. The molecule has 0 spiro atoms. The summed E-state index contributed by atoms with van der Waals surface area (Å²) in [5.41, 5.74) is -0.138. The predicted molar refractivity (Wildman–Crippen MR) is 80.1 cm³/mol. The second-order valence-electron chi connectivity index (χ2n) is 5.81. The number of likely N-dealkylation sites (N-methyl/N-ethyl adjacent to an activating group) is 1. The van der Waals surface area contributed by atoms with Crippen molar-refractivity contribution in [3.05, 3.63) is 34.0 Å². The van der Waals surface area contributed by atoms with Crippen LogP contribution in [-0.4, -0.2) is 39.6 Å². The van der Waals surface area contributed by atoms with Gasteiger partial charge in [0.05, 0.1) is 0 Å². The summed E-state index contributed by atoms with van der Waals surface area (Å²) in [6.07, 6.45) is 0.858. The van der Waals surface area contributed by atoms with E-state index in [2.05, 4.69) is 21.2 Å². The van der Waals surface area contributed by atoms with Crippen LogP contribution in [0.15, 0.2) is 17.5 Å². The standard InChI is InChI=1S/C14H20N4OS/c1-14(2,3)13-15-11(16-17-13)12(19)18(4)8-7-10-6-5-9-20-10/h5-6,9H,7-8H2,1-4H3,(H,15,16,17). The summed E-state index contributed by atoms with van der Waals surface area (Å²) in [7, 11) is 1.78. The van der Waals surface area contributed by atoms with Gasteiger partial charge in [0.2, 0.25) is 5.82 Å². The molecule has 0 radical (unpaired) electrons. The van der Waals surface area contributed by atoms with Gasteiger partial charge in [-0.2, -0.15) is 0 Å². The Morgan fingerprint density at radius 3 is 2.75 bits per heavy atom. The fourth-order valence-electron chi connectivity index (χ4n) is 1.70. The number of aromatic nitrogens is 3. The van der Waals surface area contributed by atoms with Gasteiger partial charge in [0, 0.05) is 23.9 Å². The van der Waals surface area contributed by atoms with Crippen molar-refractivity contribution in [2.45, 2.75) is 32.6 Å². The average molecular weight is 292 g/mol. The molecule has 2 aromatic rings. The number of H-pyrrole nitrogens is 1. The van der Waals surface area contributed by atoms with Gasteiger partial charge >= 0.3 is 0 Å². The zero-order valence-corrected chi connectivity index (χ0v) is 13.1. The third-order valence-electron chi connectivity index (χ3n) is 3.01. The first-order valence-corrected chi connectivity index (χ1v) is 7.46. The molecular weight excluding hydrogens is 272 g/mol. The van der Waals surface area contributed by atoms with Crippen LogP contribution in [-0.2, 0) is 11.8 Å². The molecule has 2 rings (SSSR count). The molecule has 0 fully saturated rings. The van der Waals surface area contributed by atoms with Crippen LogP contribution in [0.4, 0.5) is 0 Å². The van der Waals surface area contributed by atoms with Crippen molar-refractivity contribution in [2.75, 3.05) is 13.6 Å². The van der Waals surface area contributed by atoms with E-state index in [1.807, 2.05) is 32.2 Å². The van der Waals surface area contributed by atoms with E-state index in [0.29, 0.717) is 6.54 Å². The maximum absolute atomic E-state index is 12.2. The first kappa shape index (κ1) is 14.7. The Balaban J connectivity index is 1.98. The molecule has 0 saturated carbocycles. The summed E-state index contributed by atoms with van der Waals surface area (Å²) in [5, 5.41) is 8.91. The third kappa shape index (κ3) is 3.45. The largest absolute Gasteiger partial charge is 0.339 e. The molecule has 0 unspecified atom stereocenters. The van der Waals surface area contributed by atoms with Gasteiger partial charge in [-0.3, -0.25) is 9.89 Å². The molecule has 0 atom stereocenters. The highest BCUT2D eigenvalue weighted by molar-refractivity contribution is 7.09. The van der Waals surface area contributed by atoms with Crippen molar-refractivity contribution < 1.29 is 4.79 Å². The molecule has 0 saturated heterocycles. The van der Waals surface area contributed by atoms with Crippen molar-refractivity contribution in [1.29, 1.82) is 0 Å². The maximum atomic E-state index is 12.2. The summed E-state index contributed by atoms with van der Waals surface area (Å²) in [6, 6.07) is 4.10. The molecule has 0 aliphatic heterocycles. The average Bonchev–Trinajstić information content (AvgIpc) is 3.04. The molecule has 0 bridgehead atoms. The summed E-state index contributed by atoms with van der Waals surface area (Å²) in [4.78, 5) is 19.5. The van der Waals surface area contributed by atoms with Crippen molar-refractivity contribution in [3.8, 4) is 0 Å². The number of rotatable bonds is 4. The van der Waals surface area contributed by atoms with Crippen LogP contribution in [0.2, 0.25) is 0 Å². The molecule has 0 aliphatic rings. The fourth-order valence-corrected chi connectivity index (χ4v) is 2.40. The Morgan fingerprint density at radius 2 is 2.20 bits per heavy atom. The van der Waals surface area contributed by atoms with Gasteiger partial charge < -0.3 is 4.90 Å². The minimum atomic E-state index is -0.145. The van der Waals surface area contributed by atoms with E-state index in [9.17, 15) is 4.79 Å². The molecule has 2 aromatic heterocycles. The first-order chi connectivity index (χ1) is 9.38. The molecule has 20 heavy (non-hydrogen) atoms. The topological polar surface area (TPSA) is 61.9 Å². The second-order valence-corrected chi connectivity index (χ2v) is 6.85. The number of hydrogen-bond donors (Lipinski definition) is 1. The molecule has 108 valence electrons. The van der Waals surface area contributed by atoms with Gasteiger partial charge in [-0.25, -0.2) is 4.98 Å². The third-order valence-corrected chi connectivity index (χ3v) is 3.94. The molecule has 0 aliphatic carbocycles. The summed E-state index contributed by atoms with van der Waals surface area (Å²) in [5.74, 6) is 0.824. The van der Waals surface area contributed by atoms with Gasteiger partial charge in [0.15, 0.2) is 0 Å². The number of amides is 1. The lowest BCUT2D eigenvalue weighted by molar-refractivity contribution is 0.0785. The number of aromatic amines is 1. The molecule has 5 nitrogen and oxygen atoms in total. The van der Waals surface area contributed by atoms with Crippen LogP contribution in [0.3, 0.4) is 0 Å². The monoisotopic (exact) mass is 292 g/mol. The molecule has 0 aromatic carbocycles. The highest BCUT2D eigenvalue weighted by Gasteiger charge is 2.22. The zero-order chi connectivity index (χ0) is 14.8.